The highest BCUT2D eigenvalue weighted by atomic mass is 16.5. The molecule has 1 aliphatic rings. The lowest BCUT2D eigenvalue weighted by Crippen LogP contribution is -1.88. The van der Waals surface area contributed by atoms with Crippen LogP contribution in [0, 0.1) is 17.4 Å². The zero-order valence-corrected chi connectivity index (χ0v) is 10.1. The van der Waals surface area contributed by atoms with Gasteiger partial charge in [-0.1, -0.05) is 31.6 Å². The molecule has 0 amide bonds. The fraction of sp³-hybridized carbons (Fsp3) is 0.400. The topological polar surface area (TPSA) is 33.0 Å². The van der Waals surface area contributed by atoms with Crippen LogP contribution in [0.5, 0.6) is 5.75 Å². The van der Waals surface area contributed by atoms with Crippen LogP contribution >= 0.6 is 0 Å². The Hall–Kier alpha value is -1.75. The number of hydrogen-bond acceptors (Lipinski definition) is 2. The van der Waals surface area contributed by atoms with Gasteiger partial charge in [-0.2, -0.15) is 0 Å². The predicted octanol–water partition coefficient (Wildman–Crippen LogP) is 4.14. The number of benzene rings is 1. The van der Waals surface area contributed by atoms with Gasteiger partial charge in [-0.25, -0.2) is 0 Å². The third kappa shape index (κ3) is 3.10. The maximum Gasteiger partial charge on any atom is 0.292 e. The maximum absolute atomic E-state index is 8.42. The molecule has 2 rings (SSSR count). The SMILES string of the molecule is CC1CC=C(c2ccc(OC#N)cc2)CCC1. The number of ether oxygens (including phenoxy) is 1. The number of nitrogens with zero attached hydrogens (tertiary/aromatic N) is 1. The molecule has 1 aromatic carbocycles. The molecule has 17 heavy (non-hydrogen) atoms. The molecule has 0 aliphatic heterocycles. The van der Waals surface area contributed by atoms with E-state index in [1.54, 1.807) is 6.26 Å². The fourth-order valence-corrected chi connectivity index (χ4v) is 2.26. The molecule has 0 saturated heterocycles. The molecule has 0 aromatic heterocycles. The first kappa shape index (κ1) is 11.7. The number of rotatable bonds is 2. The van der Waals surface area contributed by atoms with E-state index in [9.17, 15) is 0 Å². The minimum Gasteiger partial charge on any atom is -0.388 e. The summed E-state index contributed by atoms with van der Waals surface area (Å²) in [5.74, 6) is 1.41. The van der Waals surface area contributed by atoms with Crippen LogP contribution in [0.25, 0.3) is 5.57 Å². The van der Waals surface area contributed by atoms with Crippen molar-refractivity contribution in [2.24, 2.45) is 5.92 Å². The highest BCUT2D eigenvalue weighted by Crippen LogP contribution is 2.29. The second-order valence-corrected chi connectivity index (χ2v) is 4.68. The molecular weight excluding hydrogens is 210 g/mol. The highest BCUT2D eigenvalue weighted by molar-refractivity contribution is 5.66. The molecule has 1 atom stereocenters. The predicted molar refractivity (Wildman–Crippen MR) is 68.3 cm³/mol. The minimum atomic E-state index is 0.610. The van der Waals surface area contributed by atoms with Crippen molar-refractivity contribution >= 4 is 5.57 Å². The summed E-state index contributed by atoms with van der Waals surface area (Å²) < 4.78 is 4.78. The first-order valence-electron chi connectivity index (χ1n) is 6.15. The van der Waals surface area contributed by atoms with Gasteiger partial charge in [0, 0.05) is 0 Å². The van der Waals surface area contributed by atoms with Crippen LogP contribution in [0.15, 0.2) is 30.3 Å². The fourth-order valence-electron chi connectivity index (χ4n) is 2.26. The van der Waals surface area contributed by atoms with Crippen LogP contribution in [-0.2, 0) is 0 Å². The maximum atomic E-state index is 8.42. The van der Waals surface area contributed by atoms with Crippen LogP contribution in [0.3, 0.4) is 0 Å². The molecule has 2 nitrogen and oxygen atoms in total. The lowest BCUT2D eigenvalue weighted by molar-refractivity contribution is 0.507. The van der Waals surface area contributed by atoms with Gasteiger partial charge in [0.25, 0.3) is 6.26 Å². The third-order valence-electron chi connectivity index (χ3n) is 3.30. The molecule has 0 bridgehead atoms. The van der Waals surface area contributed by atoms with E-state index in [1.807, 2.05) is 24.3 Å². The van der Waals surface area contributed by atoms with E-state index >= 15 is 0 Å². The molecule has 0 heterocycles. The zero-order chi connectivity index (χ0) is 12.1. The van der Waals surface area contributed by atoms with Gasteiger partial charge in [-0.3, -0.25) is 0 Å². The molecule has 88 valence electrons. The average Bonchev–Trinajstić information content (AvgIpc) is 2.56. The first-order chi connectivity index (χ1) is 8.29. The number of allylic oxidation sites excluding steroid dienone is 2. The summed E-state index contributed by atoms with van der Waals surface area (Å²) in [6.45, 7) is 2.31. The number of hydrogen-bond donors (Lipinski definition) is 0. The van der Waals surface area contributed by atoms with Gasteiger partial charge < -0.3 is 4.74 Å². The van der Waals surface area contributed by atoms with Crippen LogP contribution in [0.1, 0.15) is 38.2 Å². The molecule has 1 aliphatic carbocycles. The Bertz CT molecular complexity index is 439. The number of nitriles is 1. The molecule has 0 fully saturated rings. The van der Waals surface area contributed by atoms with Gasteiger partial charge >= 0.3 is 0 Å². The Morgan fingerprint density at radius 1 is 1.29 bits per heavy atom. The Labute approximate surface area is 103 Å². The van der Waals surface area contributed by atoms with Crippen molar-refractivity contribution in [2.75, 3.05) is 0 Å². The van der Waals surface area contributed by atoms with Gasteiger partial charge in [0.2, 0.25) is 0 Å². The van der Waals surface area contributed by atoms with Crippen LogP contribution < -0.4 is 4.74 Å². The average molecular weight is 227 g/mol. The molecule has 0 saturated carbocycles. The Balaban J connectivity index is 2.14. The molecule has 0 radical (unpaired) electrons. The zero-order valence-electron chi connectivity index (χ0n) is 10.1. The van der Waals surface area contributed by atoms with E-state index < -0.39 is 0 Å². The highest BCUT2D eigenvalue weighted by Gasteiger charge is 2.09. The standard InChI is InChI=1S/C15H17NO/c1-12-3-2-4-13(6-5-12)14-7-9-15(10-8-14)17-11-16/h6-10,12H,2-5H2,1H3. The van der Waals surface area contributed by atoms with Crippen molar-refractivity contribution in [1.29, 1.82) is 5.26 Å². The van der Waals surface area contributed by atoms with Gasteiger partial charge in [-0.05, 0) is 48.4 Å². The van der Waals surface area contributed by atoms with E-state index in [1.165, 1.54) is 30.4 Å². The quantitative estimate of drug-likeness (QED) is 0.711. The summed E-state index contributed by atoms with van der Waals surface area (Å²) in [5, 5.41) is 8.42. The lowest BCUT2D eigenvalue weighted by atomic mass is 10.0. The van der Waals surface area contributed by atoms with E-state index in [-0.39, 0.29) is 0 Å². The van der Waals surface area contributed by atoms with Crippen molar-refractivity contribution < 1.29 is 4.74 Å². The smallest absolute Gasteiger partial charge is 0.292 e. The molecule has 0 N–H and O–H groups in total. The third-order valence-corrected chi connectivity index (χ3v) is 3.30. The van der Waals surface area contributed by atoms with Crippen molar-refractivity contribution in [1.82, 2.24) is 0 Å². The summed E-state index contributed by atoms with van der Waals surface area (Å²) in [6, 6.07) is 7.78. The summed E-state index contributed by atoms with van der Waals surface area (Å²) in [4.78, 5) is 0. The van der Waals surface area contributed by atoms with Gasteiger partial charge in [0.05, 0.1) is 0 Å². The van der Waals surface area contributed by atoms with E-state index in [2.05, 4.69) is 13.0 Å². The molecule has 1 unspecified atom stereocenters. The Kier molecular flexibility index (Phi) is 3.82. The van der Waals surface area contributed by atoms with Crippen molar-refractivity contribution in [2.45, 2.75) is 32.6 Å². The summed E-state index contributed by atoms with van der Waals surface area (Å²) in [5.41, 5.74) is 2.68. The van der Waals surface area contributed by atoms with E-state index in [0.717, 1.165) is 12.3 Å². The van der Waals surface area contributed by atoms with Crippen LogP contribution in [0.2, 0.25) is 0 Å². The Morgan fingerprint density at radius 2 is 2.06 bits per heavy atom. The van der Waals surface area contributed by atoms with Crippen molar-refractivity contribution in [3.63, 3.8) is 0 Å². The summed E-state index contributed by atoms with van der Waals surface area (Å²) in [6.07, 6.45) is 8.95. The normalized spacial score (nSPS) is 20.0. The van der Waals surface area contributed by atoms with Gasteiger partial charge in [0.1, 0.15) is 5.75 Å². The Morgan fingerprint density at radius 3 is 2.76 bits per heavy atom. The summed E-state index contributed by atoms with van der Waals surface area (Å²) in [7, 11) is 0. The molecular formula is C15H17NO. The summed E-state index contributed by atoms with van der Waals surface area (Å²) >= 11 is 0. The second-order valence-electron chi connectivity index (χ2n) is 4.68. The van der Waals surface area contributed by atoms with E-state index in [4.69, 9.17) is 10.00 Å². The van der Waals surface area contributed by atoms with Gasteiger partial charge in [0.15, 0.2) is 0 Å². The largest absolute Gasteiger partial charge is 0.388 e. The van der Waals surface area contributed by atoms with Crippen molar-refractivity contribution in [3.05, 3.63) is 35.9 Å². The second kappa shape index (κ2) is 5.54. The monoisotopic (exact) mass is 227 g/mol. The van der Waals surface area contributed by atoms with Crippen LogP contribution in [0.4, 0.5) is 0 Å². The molecule has 1 aromatic rings. The first-order valence-corrected chi connectivity index (χ1v) is 6.15. The van der Waals surface area contributed by atoms with Crippen molar-refractivity contribution in [3.8, 4) is 12.0 Å². The van der Waals surface area contributed by atoms with Crippen LogP contribution in [-0.4, -0.2) is 0 Å². The molecule has 2 heteroatoms. The minimum absolute atomic E-state index is 0.610. The van der Waals surface area contributed by atoms with E-state index in [0.29, 0.717) is 5.75 Å². The van der Waals surface area contributed by atoms with Gasteiger partial charge in [-0.15, -0.1) is 5.26 Å². The lowest BCUT2D eigenvalue weighted by Gasteiger charge is -2.05. The molecule has 0 spiro atoms.